The van der Waals surface area contributed by atoms with E-state index in [0.717, 1.165) is 28.4 Å². The Morgan fingerprint density at radius 3 is 1.38 bits per heavy atom. The molecule has 0 saturated carbocycles. The Kier molecular flexibility index (Phi) is 9.79. The van der Waals surface area contributed by atoms with E-state index in [9.17, 15) is 0 Å². The first-order valence-corrected chi connectivity index (χ1v) is 20.6. The molecule has 0 bridgehead atoms. The van der Waals surface area contributed by atoms with Crippen LogP contribution >= 0.6 is 0 Å². The normalized spacial score (nSPS) is 14.0. The van der Waals surface area contributed by atoms with Crippen molar-refractivity contribution in [2.24, 2.45) is 0 Å². The van der Waals surface area contributed by atoms with Crippen LogP contribution in [-0.2, 0) is 10.8 Å². The molecule has 1 aliphatic rings. The lowest BCUT2D eigenvalue weighted by atomic mass is 9.63. The first kappa shape index (κ1) is 37.0. The van der Waals surface area contributed by atoms with Crippen LogP contribution in [0.4, 0.5) is 34.1 Å². The van der Waals surface area contributed by atoms with Crippen LogP contribution < -0.4 is 9.80 Å². The quantitative estimate of drug-likeness (QED) is 0.145. The third-order valence-corrected chi connectivity index (χ3v) is 12.1. The lowest BCUT2D eigenvalue weighted by Crippen LogP contribution is -2.34. The lowest BCUT2D eigenvalue weighted by molar-refractivity contribution is 0.332. The van der Waals surface area contributed by atoms with Crippen molar-refractivity contribution < 1.29 is 0 Å². The molecule has 0 spiro atoms. The maximum Gasteiger partial charge on any atom is 0.0540 e. The highest BCUT2D eigenvalue weighted by Crippen LogP contribution is 2.49. The molecule has 8 aromatic carbocycles. The number of rotatable bonds is 9. The van der Waals surface area contributed by atoms with Crippen LogP contribution in [0.2, 0.25) is 0 Å². The van der Waals surface area contributed by atoms with Gasteiger partial charge >= 0.3 is 0 Å². The molecule has 0 amide bonds. The SMILES string of the molecule is CC1(C)CCC(C)(C)c2cc(N(c3ccc(-c4ccc(N(c5ccccc5)c5cccc(-c6ccccc6)c5)cc4)cc3)c3ccccc3-c3ccccc3)ccc21. The smallest absolute Gasteiger partial charge is 0.0540 e. The van der Waals surface area contributed by atoms with E-state index < -0.39 is 0 Å². The van der Waals surface area contributed by atoms with Crippen molar-refractivity contribution in [2.45, 2.75) is 51.4 Å². The second kappa shape index (κ2) is 15.4. The zero-order chi connectivity index (χ0) is 39.7. The molecule has 0 N–H and O–H groups in total. The summed E-state index contributed by atoms with van der Waals surface area (Å²) in [5.74, 6) is 0. The number of anilines is 6. The topological polar surface area (TPSA) is 6.48 Å². The van der Waals surface area contributed by atoms with Gasteiger partial charge in [-0.15, -0.1) is 0 Å². The van der Waals surface area contributed by atoms with Crippen LogP contribution in [0, 0.1) is 0 Å². The van der Waals surface area contributed by atoms with E-state index in [4.69, 9.17) is 0 Å². The molecule has 8 aromatic rings. The predicted molar refractivity (Wildman–Crippen MR) is 247 cm³/mol. The Morgan fingerprint density at radius 2 is 0.741 bits per heavy atom. The van der Waals surface area contributed by atoms with Gasteiger partial charge < -0.3 is 9.80 Å². The van der Waals surface area contributed by atoms with Crippen LogP contribution in [0.25, 0.3) is 33.4 Å². The predicted octanol–water partition coefficient (Wildman–Crippen LogP) is 16.0. The molecule has 0 atom stereocenters. The van der Waals surface area contributed by atoms with Gasteiger partial charge in [0.25, 0.3) is 0 Å². The number of nitrogens with zero attached hydrogens (tertiary/aromatic N) is 2. The van der Waals surface area contributed by atoms with Crippen molar-refractivity contribution in [3.63, 3.8) is 0 Å². The van der Waals surface area contributed by atoms with Crippen molar-refractivity contribution in [2.75, 3.05) is 9.80 Å². The Bertz CT molecular complexity index is 2640. The van der Waals surface area contributed by atoms with Gasteiger partial charge in [-0.25, -0.2) is 0 Å². The van der Waals surface area contributed by atoms with Crippen LogP contribution in [0.1, 0.15) is 51.7 Å². The van der Waals surface area contributed by atoms with E-state index in [1.807, 2.05) is 0 Å². The minimum Gasteiger partial charge on any atom is -0.310 e. The summed E-state index contributed by atoms with van der Waals surface area (Å²) < 4.78 is 0. The third-order valence-electron chi connectivity index (χ3n) is 12.1. The third kappa shape index (κ3) is 7.23. The Morgan fingerprint density at radius 1 is 0.310 bits per heavy atom. The maximum absolute atomic E-state index is 2.47. The van der Waals surface area contributed by atoms with Gasteiger partial charge in [-0.1, -0.05) is 167 Å². The van der Waals surface area contributed by atoms with Crippen LogP contribution in [0.5, 0.6) is 0 Å². The van der Waals surface area contributed by atoms with Crippen molar-refractivity contribution >= 4 is 34.1 Å². The van der Waals surface area contributed by atoms with Gasteiger partial charge in [-0.05, 0) is 129 Å². The molecule has 0 heterocycles. The molecule has 0 saturated heterocycles. The minimum absolute atomic E-state index is 0.0995. The van der Waals surface area contributed by atoms with Gasteiger partial charge in [0.05, 0.1) is 5.69 Å². The highest BCUT2D eigenvalue weighted by Gasteiger charge is 2.37. The van der Waals surface area contributed by atoms with E-state index in [1.54, 1.807) is 0 Å². The molecule has 0 aromatic heterocycles. The van der Waals surface area contributed by atoms with Gasteiger partial charge in [-0.2, -0.15) is 0 Å². The van der Waals surface area contributed by atoms with Gasteiger partial charge in [0, 0.05) is 34.0 Å². The molecule has 2 nitrogen and oxygen atoms in total. The summed E-state index contributed by atoms with van der Waals surface area (Å²) in [7, 11) is 0. The van der Waals surface area contributed by atoms with E-state index in [1.165, 1.54) is 63.0 Å². The molecule has 284 valence electrons. The highest BCUT2D eigenvalue weighted by molar-refractivity contribution is 5.89. The number of fused-ring (bicyclic) bond motifs is 1. The number of hydrogen-bond donors (Lipinski definition) is 0. The first-order chi connectivity index (χ1) is 28.2. The minimum atomic E-state index is 0.0995. The molecule has 2 heteroatoms. The maximum atomic E-state index is 2.47. The fraction of sp³-hybridized carbons (Fsp3) is 0.143. The average molecular weight is 751 g/mol. The molecule has 0 radical (unpaired) electrons. The van der Waals surface area contributed by atoms with Gasteiger partial charge in [0.2, 0.25) is 0 Å². The van der Waals surface area contributed by atoms with E-state index >= 15 is 0 Å². The summed E-state index contributed by atoms with van der Waals surface area (Å²) in [5.41, 5.74) is 17.2. The highest BCUT2D eigenvalue weighted by atomic mass is 15.1. The van der Waals surface area contributed by atoms with Crippen molar-refractivity contribution in [3.8, 4) is 33.4 Å². The van der Waals surface area contributed by atoms with Crippen LogP contribution in [-0.4, -0.2) is 0 Å². The molecule has 58 heavy (non-hydrogen) atoms. The summed E-state index contributed by atoms with van der Waals surface area (Å²) >= 11 is 0. The summed E-state index contributed by atoms with van der Waals surface area (Å²) in [6.07, 6.45) is 2.37. The van der Waals surface area contributed by atoms with Crippen molar-refractivity contribution in [1.29, 1.82) is 0 Å². The van der Waals surface area contributed by atoms with Crippen molar-refractivity contribution in [3.05, 3.63) is 217 Å². The molecular formula is C56H50N2. The summed E-state index contributed by atoms with van der Waals surface area (Å²) in [6, 6.07) is 74.9. The van der Waals surface area contributed by atoms with E-state index in [2.05, 4.69) is 244 Å². The lowest BCUT2D eigenvalue weighted by Gasteiger charge is -2.42. The zero-order valence-corrected chi connectivity index (χ0v) is 33.9. The fourth-order valence-corrected chi connectivity index (χ4v) is 8.76. The van der Waals surface area contributed by atoms with E-state index in [0.29, 0.717) is 0 Å². The molecule has 0 aliphatic heterocycles. The first-order valence-electron chi connectivity index (χ1n) is 20.6. The molecule has 9 rings (SSSR count). The number of para-hydroxylation sites is 2. The largest absolute Gasteiger partial charge is 0.310 e. The standard InChI is InChI=1S/C56H50N2/c1-55(2)37-38-56(3,4)53-40-50(35-36-52(53)55)58(54-26-15-14-25-51(54)44-19-10-6-11-20-44)48-33-29-43(30-34-48)42-27-31-47(32-28-42)57(46-22-12-7-13-23-46)49-24-16-21-45(39-49)41-17-8-5-9-18-41/h5-36,39-40H,37-38H2,1-4H3. The number of benzene rings is 8. The summed E-state index contributed by atoms with van der Waals surface area (Å²) in [5, 5.41) is 0. The average Bonchev–Trinajstić information content (AvgIpc) is 3.27. The second-order valence-corrected chi connectivity index (χ2v) is 16.9. The van der Waals surface area contributed by atoms with Gasteiger partial charge in [0.1, 0.15) is 0 Å². The number of hydrogen-bond acceptors (Lipinski definition) is 2. The molecule has 1 aliphatic carbocycles. The summed E-state index contributed by atoms with van der Waals surface area (Å²) in [4.78, 5) is 4.79. The fourth-order valence-electron chi connectivity index (χ4n) is 8.76. The van der Waals surface area contributed by atoms with E-state index in [-0.39, 0.29) is 10.8 Å². The van der Waals surface area contributed by atoms with Crippen LogP contribution in [0.3, 0.4) is 0 Å². The Labute approximate surface area is 344 Å². The van der Waals surface area contributed by atoms with Crippen LogP contribution in [0.15, 0.2) is 206 Å². The van der Waals surface area contributed by atoms with Gasteiger partial charge in [0.15, 0.2) is 0 Å². The van der Waals surface area contributed by atoms with Gasteiger partial charge in [-0.3, -0.25) is 0 Å². The zero-order valence-electron chi connectivity index (χ0n) is 33.9. The summed E-state index contributed by atoms with van der Waals surface area (Å²) in [6.45, 7) is 9.62. The second-order valence-electron chi connectivity index (χ2n) is 16.9. The van der Waals surface area contributed by atoms with Crippen molar-refractivity contribution in [1.82, 2.24) is 0 Å². The molecule has 0 unspecified atom stereocenters. The molecular weight excluding hydrogens is 701 g/mol. The monoisotopic (exact) mass is 750 g/mol. The Hall–Kier alpha value is -6.64. The Balaban J connectivity index is 1.09. The molecule has 0 fully saturated rings.